The van der Waals surface area contributed by atoms with Gasteiger partial charge in [-0.2, -0.15) is 0 Å². The van der Waals surface area contributed by atoms with E-state index in [0.717, 1.165) is 32.2 Å². The van der Waals surface area contributed by atoms with Gasteiger partial charge in [0.2, 0.25) is 5.91 Å². The average Bonchev–Trinajstić information content (AvgIpc) is 3.14. The Balaban J connectivity index is 0.00000156. The molecule has 1 spiro atoms. The Morgan fingerprint density at radius 1 is 1.13 bits per heavy atom. The fourth-order valence-electron chi connectivity index (χ4n) is 4.98. The molecule has 2 fully saturated rings. The van der Waals surface area contributed by atoms with Crippen molar-refractivity contribution in [1.82, 2.24) is 0 Å². The smallest absolute Gasteiger partial charge is 0.230 e. The van der Waals surface area contributed by atoms with Crippen LogP contribution in [0.4, 0.5) is 5.69 Å². The maximum absolute atomic E-state index is 13.1. The van der Waals surface area contributed by atoms with Gasteiger partial charge in [0.25, 0.3) is 0 Å². The summed E-state index contributed by atoms with van der Waals surface area (Å²) in [6, 6.07) is 8.80. The van der Waals surface area contributed by atoms with Crippen LogP contribution in [0.1, 0.15) is 56.9 Å². The molecule has 3 nitrogen and oxygen atoms in total. The highest BCUT2D eigenvalue weighted by Gasteiger charge is 2.47. The van der Waals surface area contributed by atoms with Crippen LogP contribution in [0.5, 0.6) is 0 Å². The SMILES string of the molecule is Cl.NC1CCCC(C(=O)N2CC3(CCCC3)c3ccccc32)C1. The first-order valence-electron chi connectivity index (χ1n) is 8.86. The van der Waals surface area contributed by atoms with E-state index in [-0.39, 0.29) is 29.8 Å². The van der Waals surface area contributed by atoms with Gasteiger partial charge in [0, 0.05) is 29.6 Å². The standard InChI is InChI=1S/C19H26N2O.ClH/c20-15-7-5-6-14(12-15)18(22)21-13-19(10-3-4-11-19)16-8-1-2-9-17(16)21;/h1-2,8-9,14-15H,3-7,10-13,20H2;1H. The predicted molar refractivity (Wildman–Crippen MR) is 96.1 cm³/mol. The molecule has 0 saturated heterocycles. The van der Waals surface area contributed by atoms with E-state index < -0.39 is 0 Å². The highest BCUT2D eigenvalue weighted by molar-refractivity contribution is 5.98. The Morgan fingerprint density at radius 3 is 2.61 bits per heavy atom. The molecule has 0 radical (unpaired) electrons. The topological polar surface area (TPSA) is 46.3 Å². The number of carbonyl (C=O) groups excluding carboxylic acids is 1. The number of amides is 1. The van der Waals surface area contributed by atoms with Gasteiger partial charge in [0.05, 0.1) is 0 Å². The van der Waals surface area contributed by atoms with Crippen molar-refractivity contribution < 1.29 is 4.79 Å². The lowest BCUT2D eigenvalue weighted by Gasteiger charge is -2.31. The third kappa shape index (κ3) is 2.78. The minimum Gasteiger partial charge on any atom is -0.328 e. The van der Waals surface area contributed by atoms with Crippen LogP contribution in [-0.4, -0.2) is 18.5 Å². The highest BCUT2D eigenvalue weighted by atomic mass is 35.5. The van der Waals surface area contributed by atoms with Crippen molar-refractivity contribution in [3.05, 3.63) is 29.8 Å². The second-order valence-corrected chi connectivity index (χ2v) is 7.55. The summed E-state index contributed by atoms with van der Waals surface area (Å²) >= 11 is 0. The normalized spacial score (nSPS) is 28.5. The first kappa shape index (κ1) is 16.8. The predicted octanol–water partition coefficient (Wildman–Crippen LogP) is 3.78. The van der Waals surface area contributed by atoms with Gasteiger partial charge >= 0.3 is 0 Å². The fourth-order valence-corrected chi connectivity index (χ4v) is 4.98. The fraction of sp³-hybridized carbons (Fsp3) is 0.632. The van der Waals surface area contributed by atoms with E-state index in [0.29, 0.717) is 5.91 Å². The third-order valence-corrected chi connectivity index (χ3v) is 6.12. The van der Waals surface area contributed by atoms with Gasteiger partial charge in [-0.3, -0.25) is 4.79 Å². The van der Waals surface area contributed by atoms with E-state index in [9.17, 15) is 4.79 Å². The average molecular weight is 335 g/mol. The van der Waals surface area contributed by atoms with Gasteiger partial charge in [0.15, 0.2) is 0 Å². The largest absolute Gasteiger partial charge is 0.328 e. The van der Waals surface area contributed by atoms with Crippen molar-refractivity contribution in [2.24, 2.45) is 11.7 Å². The molecule has 1 aliphatic heterocycles. The zero-order valence-electron chi connectivity index (χ0n) is 13.7. The second kappa shape index (κ2) is 6.45. The number of nitrogens with zero attached hydrogens (tertiary/aromatic N) is 1. The molecule has 1 amide bonds. The number of anilines is 1. The summed E-state index contributed by atoms with van der Waals surface area (Å²) < 4.78 is 0. The molecule has 4 rings (SSSR count). The Bertz CT molecular complexity index is 582. The molecule has 1 heterocycles. The summed E-state index contributed by atoms with van der Waals surface area (Å²) in [5.41, 5.74) is 8.93. The Labute approximate surface area is 145 Å². The van der Waals surface area contributed by atoms with Crippen molar-refractivity contribution in [3.63, 3.8) is 0 Å². The molecule has 2 saturated carbocycles. The Kier molecular flexibility index (Phi) is 4.70. The lowest BCUT2D eigenvalue weighted by atomic mass is 9.81. The number of hydrogen-bond donors (Lipinski definition) is 1. The van der Waals surface area contributed by atoms with Crippen molar-refractivity contribution in [2.45, 2.75) is 62.8 Å². The second-order valence-electron chi connectivity index (χ2n) is 7.55. The Hall–Kier alpha value is -1.06. The van der Waals surface area contributed by atoms with Gasteiger partial charge in [-0.05, 0) is 43.7 Å². The molecule has 2 N–H and O–H groups in total. The number of hydrogen-bond acceptors (Lipinski definition) is 2. The Morgan fingerprint density at radius 2 is 1.87 bits per heavy atom. The van der Waals surface area contributed by atoms with Gasteiger partial charge in [-0.15, -0.1) is 12.4 Å². The maximum Gasteiger partial charge on any atom is 0.230 e. The first-order chi connectivity index (χ1) is 10.7. The van der Waals surface area contributed by atoms with Gasteiger partial charge in [0.1, 0.15) is 0 Å². The molecule has 0 aromatic heterocycles. The van der Waals surface area contributed by atoms with Crippen LogP contribution >= 0.6 is 12.4 Å². The number of halogens is 1. The number of benzene rings is 1. The molecule has 3 aliphatic rings. The van der Waals surface area contributed by atoms with E-state index in [2.05, 4.69) is 29.2 Å². The number of carbonyl (C=O) groups is 1. The van der Waals surface area contributed by atoms with Crippen molar-refractivity contribution >= 4 is 24.0 Å². The molecule has 126 valence electrons. The zero-order valence-corrected chi connectivity index (χ0v) is 14.5. The van der Waals surface area contributed by atoms with Gasteiger partial charge < -0.3 is 10.6 Å². The molecule has 2 aliphatic carbocycles. The van der Waals surface area contributed by atoms with Crippen LogP contribution in [0.25, 0.3) is 0 Å². The number of rotatable bonds is 1. The zero-order chi connectivity index (χ0) is 15.2. The summed E-state index contributed by atoms with van der Waals surface area (Å²) in [6.45, 7) is 0.900. The van der Waals surface area contributed by atoms with Crippen LogP contribution < -0.4 is 10.6 Å². The van der Waals surface area contributed by atoms with Crippen molar-refractivity contribution in [2.75, 3.05) is 11.4 Å². The molecule has 1 aromatic rings. The summed E-state index contributed by atoms with van der Waals surface area (Å²) in [7, 11) is 0. The lowest BCUT2D eigenvalue weighted by molar-refractivity contribution is -0.123. The maximum atomic E-state index is 13.1. The molecular formula is C19H27ClN2O. The van der Waals surface area contributed by atoms with E-state index in [4.69, 9.17) is 5.73 Å². The summed E-state index contributed by atoms with van der Waals surface area (Å²) in [5.74, 6) is 0.458. The van der Waals surface area contributed by atoms with Gasteiger partial charge in [-0.25, -0.2) is 0 Å². The summed E-state index contributed by atoms with van der Waals surface area (Å²) in [4.78, 5) is 15.2. The van der Waals surface area contributed by atoms with Crippen LogP contribution in [-0.2, 0) is 10.2 Å². The summed E-state index contributed by atoms with van der Waals surface area (Å²) in [5, 5.41) is 0. The summed E-state index contributed by atoms with van der Waals surface area (Å²) in [6.07, 6.45) is 9.11. The quantitative estimate of drug-likeness (QED) is 0.849. The molecule has 0 bridgehead atoms. The van der Waals surface area contributed by atoms with E-state index in [1.165, 1.54) is 36.9 Å². The third-order valence-electron chi connectivity index (χ3n) is 6.12. The van der Waals surface area contributed by atoms with Gasteiger partial charge in [-0.1, -0.05) is 37.5 Å². The molecular weight excluding hydrogens is 308 g/mol. The molecule has 2 unspecified atom stereocenters. The highest BCUT2D eigenvalue weighted by Crippen LogP contribution is 2.50. The van der Waals surface area contributed by atoms with Crippen LogP contribution in [0, 0.1) is 5.92 Å². The van der Waals surface area contributed by atoms with Crippen LogP contribution in [0.2, 0.25) is 0 Å². The molecule has 4 heteroatoms. The molecule has 23 heavy (non-hydrogen) atoms. The number of fused-ring (bicyclic) bond motifs is 2. The molecule has 1 aromatic carbocycles. The monoisotopic (exact) mass is 334 g/mol. The van der Waals surface area contributed by atoms with E-state index in [1.54, 1.807) is 0 Å². The molecule has 2 atom stereocenters. The first-order valence-corrected chi connectivity index (χ1v) is 8.86. The van der Waals surface area contributed by atoms with Crippen LogP contribution in [0.3, 0.4) is 0 Å². The van der Waals surface area contributed by atoms with Crippen molar-refractivity contribution in [3.8, 4) is 0 Å². The van der Waals surface area contributed by atoms with Crippen molar-refractivity contribution in [1.29, 1.82) is 0 Å². The number of para-hydroxylation sites is 1. The minimum atomic E-state index is 0. The van der Waals surface area contributed by atoms with Crippen LogP contribution in [0.15, 0.2) is 24.3 Å². The lowest BCUT2D eigenvalue weighted by Crippen LogP contribution is -2.42. The number of nitrogens with two attached hydrogens (primary N) is 1. The van der Waals surface area contributed by atoms with E-state index in [1.807, 2.05) is 0 Å². The minimum absolute atomic E-state index is 0. The van der Waals surface area contributed by atoms with E-state index >= 15 is 0 Å².